The molecule has 0 spiro atoms. The summed E-state index contributed by atoms with van der Waals surface area (Å²) in [5.41, 5.74) is 1.31. The van der Waals surface area contributed by atoms with Crippen LogP contribution in [0.4, 0.5) is 4.39 Å². The van der Waals surface area contributed by atoms with E-state index in [0.717, 1.165) is 4.47 Å². The van der Waals surface area contributed by atoms with Gasteiger partial charge in [0.05, 0.1) is 5.02 Å². The van der Waals surface area contributed by atoms with Gasteiger partial charge >= 0.3 is 0 Å². The zero-order chi connectivity index (χ0) is 13.1. The second-order valence-electron chi connectivity index (χ2n) is 3.83. The smallest absolute Gasteiger partial charge is 0.168 e. The molecule has 2 aromatic carbocycles. The number of hydrogen-bond acceptors (Lipinski definition) is 1. The van der Waals surface area contributed by atoms with Crippen LogP contribution in [0.5, 0.6) is 0 Å². The van der Waals surface area contributed by atoms with E-state index in [-0.39, 0.29) is 17.2 Å². The Morgan fingerprint density at radius 3 is 2.61 bits per heavy atom. The zero-order valence-electron chi connectivity index (χ0n) is 9.29. The summed E-state index contributed by atoms with van der Waals surface area (Å²) in [5.74, 6) is -0.515. The van der Waals surface area contributed by atoms with Crippen LogP contribution < -0.4 is 0 Å². The molecule has 18 heavy (non-hydrogen) atoms. The highest BCUT2D eigenvalue weighted by Gasteiger charge is 2.11. The van der Waals surface area contributed by atoms with Crippen molar-refractivity contribution in [1.29, 1.82) is 0 Å². The predicted octanol–water partition coefficient (Wildman–Crippen LogP) is 4.67. The molecular weight excluding hydrogens is 319 g/mol. The van der Waals surface area contributed by atoms with Gasteiger partial charge < -0.3 is 0 Å². The summed E-state index contributed by atoms with van der Waals surface area (Å²) < 4.78 is 13.8. The first kappa shape index (κ1) is 13.2. The van der Waals surface area contributed by atoms with Gasteiger partial charge in [-0.2, -0.15) is 0 Å². The van der Waals surface area contributed by atoms with Crippen molar-refractivity contribution in [2.24, 2.45) is 0 Å². The van der Waals surface area contributed by atoms with Crippen LogP contribution in [-0.4, -0.2) is 5.78 Å². The fraction of sp³-hybridized carbons (Fsp3) is 0.0714. The van der Waals surface area contributed by atoms with Gasteiger partial charge in [0.15, 0.2) is 5.78 Å². The topological polar surface area (TPSA) is 17.1 Å². The molecule has 0 aromatic heterocycles. The van der Waals surface area contributed by atoms with Crippen LogP contribution in [-0.2, 0) is 6.42 Å². The number of benzene rings is 2. The molecule has 0 aliphatic rings. The molecule has 0 heterocycles. The van der Waals surface area contributed by atoms with E-state index in [1.807, 2.05) is 12.1 Å². The van der Waals surface area contributed by atoms with Crippen LogP contribution in [0.15, 0.2) is 46.9 Å². The molecule has 0 aliphatic heterocycles. The minimum absolute atomic E-state index is 0.0347. The Morgan fingerprint density at radius 2 is 1.94 bits per heavy atom. The van der Waals surface area contributed by atoms with Crippen LogP contribution in [0.3, 0.4) is 0 Å². The molecule has 0 atom stereocenters. The van der Waals surface area contributed by atoms with Crippen LogP contribution >= 0.6 is 27.5 Å². The van der Waals surface area contributed by atoms with Crippen molar-refractivity contribution in [2.45, 2.75) is 6.42 Å². The Kier molecular flexibility index (Phi) is 4.15. The summed E-state index contributed by atoms with van der Waals surface area (Å²) >= 11 is 9.01. The van der Waals surface area contributed by atoms with E-state index in [1.54, 1.807) is 18.2 Å². The molecule has 2 rings (SSSR count). The lowest BCUT2D eigenvalue weighted by atomic mass is 10.0. The average Bonchev–Trinajstić information content (AvgIpc) is 2.34. The van der Waals surface area contributed by atoms with Gasteiger partial charge in [0.25, 0.3) is 0 Å². The third-order valence-electron chi connectivity index (χ3n) is 2.52. The Bertz CT molecular complexity index is 598. The minimum Gasteiger partial charge on any atom is -0.294 e. The molecule has 0 saturated heterocycles. The highest BCUT2D eigenvalue weighted by atomic mass is 79.9. The van der Waals surface area contributed by atoms with E-state index < -0.39 is 5.82 Å². The molecule has 4 heteroatoms. The van der Waals surface area contributed by atoms with E-state index in [2.05, 4.69) is 15.9 Å². The van der Waals surface area contributed by atoms with Crippen molar-refractivity contribution in [1.82, 2.24) is 0 Å². The normalized spacial score (nSPS) is 10.4. The number of hydrogen-bond donors (Lipinski definition) is 0. The third-order valence-corrected chi connectivity index (χ3v) is 3.50. The van der Waals surface area contributed by atoms with Crippen molar-refractivity contribution in [3.8, 4) is 0 Å². The summed E-state index contributed by atoms with van der Waals surface area (Å²) in [4.78, 5) is 12.1. The largest absolute Gasteiger partial charge is 0.294 e. The standard InChI is InChI=1S/C14H9BrClFO/c15-11-4-2-1-3-10(11)14(18)8-9-5-6-13(17)12(16)7-9/h1-7H,8H2. The number of rotatable bonds is 3. The highest BCUT2D eigenvalue weighted by molar-refractivity contribution is 9.10. The van der Waals surface area contributed by atoms with Crippen LogP contribution in [0.2, 0.25) is 5.02 Å². The summed E-state index contributed by atoms with van der Waals surface area (Å²) in [5, 5.41) is 0.0347. The molecule has 0 radical (unpaired) electrons. The van der Waals surface area contributed by atoms with Gasteiger partial charge in [-0.15, -0.1) is 0 Å². The van der Waals surface area contributed by atoms with Gasteiger partial charge in [-0.05, 0) is 23.8 Å². The first-order valence-corrected chi connectivity index (χ1v) is 6.46. The van der Waals surface area contributed by atoms with Gasteiger partial charge in [0.2, 0.25) is 0 Å². The lowest BCUT2D eigenvalue weighted by Gasteiger charge is -2.04. The molecule has 0 N–H and O–H groups in total. The Labute approximate surface area is 118 Å². The molecule has 0 aliphatic carbocycles. The van der Waals surface area contributed by atoms with Crippen molar-refractivity contribution in [3.63, 3.8) is 0 Å². The molecule has 0 unspecified atom stereocenters. The highest BCUT2D eigenvalue weighted by Crippen LogP contribution is 2.20. The summed E-state index contributed by atoms with van der Waals surface area (Å²) in [6.07, 6.45) is 0.197. The van der Waals surface area contributed by atoms with Gasteiger partial charge in [-0.3, -0.25) is 4.79 Å². The molecule has 1 nitrogen and oxygen atoms in total. The van der Waals surface area contributed by atoms with Gasteiger partial charge in [-0.25, -0.2) is 4.39 Å². The molecule has 92 valence electrons. The second kappa shape index (κ2) is 5.63. The Balaban J connectivity index is 2.22. The van der Waals surface area contributed by atoms with Gasteiger partial charge in [0.1, 0.15) is 5.82 Å². The Hall–Kier alpha value is -1.19. The maximum absolute atomic E-state index is 13.0. The van der Waals surface area contributed by atoms with E-state index in [1.165, 1.54) is 12.1 Å². The van der Waals surface area contributed by atoms with E-state index >= 15 is 0 Å². The summed E-state index contributed by atoms with van der Waals surface area (Å²) in [7, 11) is 0. The average molecular weight is 328 g/mol. The van der Waals surface area contributed by atoms with Crippen molar-refractivity contribution < 1.29 is 9.18 Å². The molecular formula is C14H9BrClFO. The van der Waals surface area contributed by atoms with Crippen LogP contribution in [0.25, 0.3) is 0 Å². The number of carbonyl (C=O) groups excluding carboxylic acids is 1. The van der Waals surface area contributed by atoms with Crippen molar-refractivity contribution >= 4 is 33.3 Å². The molecule has 0 bridgehead atoms. The second-order valence-corrected chi connectivity index (χ2v) is 5.09. The molecule has 0 fully saturated rings. The molecule has 0 amide bonds. The van der Waals surface area contributed by atoms with Crippen LogP contribution in [0, 0.1) is 5.82 Å². The van der Waals surface area contributed by atoms with Gasteiger partial charge in [-0.1, -0.05) is 51.8 Å². The zero-order valence-corrected chi connectivity index (χ0v) is 11.6. The van der Waals surface area contributed by atoms with Crippen molar-refractivity contribution in [2.75, 3.05) is 0 Å². The lowest BCUT2D eigenvalue weighted by molar-refractivity contribution is 0.0992. The quantitative estimate of drug-likeness (QED) is 0.749. The van der Waals surface area contributed by atoms with Crippen LogP contribution in [0.1, 0.15) is 15.9 Å². The number of Topliss-reactive ketones (excluding diaryl/α,β-unsaturated/α-hetero) is 1. The minimum atomic E-state index is -0.478. The fourth-order valence-corrected chi connectivity index (χ4v) is 2.33. The van der Waals surface area contributed by atoms with E-state index in [4.69, 9.17) is 11.6 Å². The fourth-order valence-electron chi connectivity index (χ4n) is 1.62. The first-order chi connectivity index (χ1) is 8.58. The SMILES string of the molecule is O=C(Cc1ccc(F)c(Cl)c1)c1ccccc1Br. The number of halogens is 3. The van der Waals surface area contributed by atoms with E-state index in [9.17, 15) is 9.18 Å². The van der Waals surface area contributed by atoms with Gasteiger partial charge in [0, 0.05) is 16.5 Å². The molecule has 2 aromatic rings. The predicted molar refractivity (Wildman–Crippen MR) is 73.6 cm³/mol. The maximum atomic E-state index is 13.0. The summed E-state index contributed by atoms with van der Waals surface area (Å²) in [6.45, 7) is 0. The van der Waals surface area contributed by atoms with E-state index in [0.29, 0.717) is 11.1 Å². The summed E-state index contributed by atoms with van der Waals surface area (Å²) in [6, 6.07) is 11.5. The molecule has 0 saturated carbocycles. The van der Waals surface area contributed by atoms with Crippen molar-refractivity contribution in [3.05, 3.63) is 68.9 Å². The number of carbonyl (C=O) groups is 1. The lowest BCUT2D eigenvalue weighted by Crippen LogP contribution is -2.04. The Morgan fingerprint density at radius 1 is 1.22 bits per heavy atom. The first-order valence-electron chi connectivity index (χ1n) is 5.29. The number of ketones is 1. The third kappa shape index (κ3) is 2.98. The maximum Gasteiger partial charge on any atom is 0.168 e. The monoisotopic (exact) mass is 326 g/mol.